The first kappa shape index (κ1) is 10.1. The highest BCUT2D eigenvalue weighted by Gasteiger charge is 2.47. The summed E-state index contributed by atoms with van der Waals surface area (Å²) < 4.78 is 0. The monoisotopic (exact) mass is 202 g/mol. The fraction of sp³-hybridized carbons (Fsp3) is 0.583. The highest BCUT2D eigenvalue weighted by atomic mass is 16.1. The molecule has 0 saturated heterocycles. The second-order valence-electron chi connectivity index (χ2n) is 4.47. The lowest BCUT2D eigenvalue weighted by Crippen LogP contribution is -2.42. The van der Waals surface area contributed by atoms with Crippen LogP contribution in [-0.4, -0.2) is 17.5 Å². The molecule has 0 aromatic heterocycles. The summed E-state index contributed by atoms with van der Waals surface area (Å²) >= 11 is 0. The zero-order valence-corrected chi connectivity index (χ0v) is 9.03. The van der Waals surface area contributed by atoms with E-state index in [0.717, 1.165) is 12.8 Å². The first-order valence-electron chi connectivity index (χ1n) is 5.27. The minimum absolute atomic E-state index is 0.0564. The van der Waals surface area contributed by atoms with Crippen molar-refractivity contribution in [2.75, 3.05) is 0 Å². The van der Waals surface area contributed by atoms with Crippen LogP contribution in [0.4, 0.5) is 0 Å². The van der Waals surface area contributed by atoms with Crippen molar-refractivity contribution in [1.29, 1.82) is 5.26 Å². The molecule has 2 aliphatic rings. The highest BCUT2D eigenvalue weighted by molar-refractivity contribution is 5.93. The number of carbonyl (C=O) groups is 1. The quantitative estimate of drug-likeness (QED) is 0.652. The van der Waals surface area contributed by atoms with Crippen LogP contribution in [0.2, 0.25) is 0 Å². The van der Waals surface area contributed by atoms with Crippen LogP contribution < -0.4 is 0 Å². The Labute approximate surface area is 89.5 Å². The van der Waals surface area contributed by atoms with E-state index in [9.17, 15) is 4.79 Å². The van der Waals surface area contributed by atoms with Gasteiger partial charge in [0.15, 0.2) is 5.78 Å². The molecule has 1 aliphatic carbocycles. The van der Waals surface area contributed by atoms with Gasteiger partial charge in [0.25, 0.3) is 0 Å². The normalized spacial score (nSPS) is 38.1. The highest BCUT2D eigenvalue weighted by Crippen LogP contribution is 2.43. The average Bonchev–Trinajstić information content (AvgIpc) is 2.60. The van der Waals surface area contributed by atoms with Gasteiger partial charge in [-0.25, -0.2) is 0 Å². The van der Waals surface area contributed by atoms with Gasteiger partial charge in [0.1, 0.15) is 5.54 Å². The van der Waals surface area contributed by atoms with Crippen molar-refractivity contribution in [3.05, 3.63) is 11.6 Å². The number of allylic oxidation sites excluding steroid dienone is 1. The van der Waals surface area contributed by atoms with Crippen molar-refractivity contribution in [2.24, 2.45) is 16.8 Å². The van der Waals surface area contributed by atoms with Crippen molar-refractivity contribution >= 4 is 12.0 Å². The number of Topliss-reactive ketones (excluding diaryl/α,β-unsaturated/α-hetero) is 1. The Bertz CT molecular complexity index is 402. The van der Waals surface area contributed by atoms with Crippen LogP contribution in [0.15, 0.2) is 16.6 Å². The van der Waals surface area contributed by atoms with E-state index in [1.165, 1.54) is 0 Å². The summed E-state index contributed by atoms with van der Waals surface area (Å²) in [5.41, 5.74) is -0.00194. The summed E-state index contributed by atoms with van der Waals surface area (Å²) in [4.78, 5) is 16.0. The van der Waals surface area contributed by atoms with E-state index >= 15 is 0 Å². The first-order valence-corrected chi connectivity index (χ1v) is 5.27. The van der Waals surface area contributed by atoms with Crippen LogP contribution in [-0.2, 0) is 4.79 Å². The maximum atomic E-state index is 11.7. The SMILES string of the molecule is CC(=O)[C@]12C=C(C#N)[C@H](C)C[C@H]1CC=N2. The molecule has 0 N–H and O–H groups in total. The summed E-state index contributed by atoms with van der Waals surface area (Å²) in [6.07, 6.45) is 5.37. The molecule has 1 aliphatic heterocycles. The lowest BCUT2D eigenvalue weighted by atomic mass is 9.70. The molecule has 0 amide bonds. The van der Waals surface area contributed by atoms with E-state index in [2.05, 4.69) is 11.1 Å². The third kappa shape index (κ3) is 1.32. The fourth-order valence-corrected chi connectivity index (χ4v) is 2.60. The number of rotatable bonds is 1. The molecule has 3 atom stereocenters. The topological polar surface area (TPSA) is 53.2 Å². The van der Waals surface area contributed by atoms with Crippen LogP contribution in [0.1, 0.15) is 26.7 Å². The van der Waals surface area contributed by atoms with Crippen LogP contribution in [0, 0.1) is 23.2 Å². The zero-order chi connectivity index (χ0) is 11.1. The number of nitriles is 1. The zero-order valence-electron chi connectivity index (χ0n) is 9.03. The lowest BCUT2D eigenvalue weighted by Gasteiger charge is -2.34. The van der Waals surface area contributed by atoms with Crippen molar-refractivity contribution in [3.8, 4) is 6.07 Å². The van der Waals surface area contributed by atoms with Gasteiger partial charge in [-0.15, -0.1) is 0 Å². The van der Waals surface area contributed by atoms with Gasteiger partial charge in [-0.1, -0.05) is 6.92 Å². The van der Waals surface area contributed by atoms with Crippen molar-refractivity contribution < 1.29 is 4.79 Å². The van der Waals surface area contributed by atoms with Gasteiger partial charge in [-0.2, -0.15) is 5.26 Å². The van der Waals surface area contributed by atoms with E-state index < -0.39 is 5.54 Å². The molecule has 78 valence electrons. The lowest BCUT2D eigenvalue weighted by molar-refractivity contribution is -0.122. The molecule has 0 spiro atoms. The molecule has 0 fully saturated rings. The Kier molecular flexibility index (Phi) is 2.22. The molecule has 0 unspecified atom stereocenters. The molecule has 0 aromatic rings. The molecule has 3 nitrogen and oxygen atoms in total. The van der Waals surface area contributed by atoms with Crippen LogP contribution in [0.5, 0.6) is 0 Å². The summed E-state index contributed by atoms with van der Waals surface area (Å²) in [7, 11) is 0. The van der Waals surface area contributed by atoms with Crippen molar-refractivity contribution in [3.63, 3.8) is 0 Å². The number of aliphatic imine (C=N–C) groups is 1. The van der Waals surface area contributed by atoms with Crippen LogP contribution >= 0.6 is 0 Å². The minimum Gasteiger partial charge on any atom is -0.297 e. The molecule has 0 radical (unpaired) electrons. The van der Waals surface area contributed by atoms with E-state index in [0.29, 0.717) is 5.57 Å². The summed E-state index contributed by atoms with van der Waals surface area (Å²) in [5.74, 6) is 0.581. The third-order valence-corrected chi connectivity index (χ3v) is 3.55. The van der Waals surface area contributed by atoms with E-state index in [4.69, 9.17) is 5.26 Å². The number of ketones is 1. The number of nitrogens with zero attached hydrogens (tertiary/aromatic N) is 2. The molecule has 3 heteroatoms. The second-order valence-corrected chi connectivity index (χ2v) is 4.47. The molecule has 0 saturated carbocycles. The molecular formula is C12H14N2O. The van der Waals surface area contributed by atoms with Gasteiger partial charge in [0, 0.05) is 17.7 Å². The molecule has 2 rings (SSSR count). The number of hydrogen-bond acceptors (Lipinski definition) is 3. The number of hydrogen-bond donors (Lipinski definition) is 0. The Hall–Kier alpha value is -1.43. The summed E-state index contributed by atoms with van der Waals surface area (Å²) in [5, 5.41) is 9.00. The van der Waals surface area contributed by atoms with Gasteiger partial charge < -0.3 is 0 Å². The molecule has 0 aromatic carbocycles. The van der Waals surface area contributed by atoms with Gasteiger partial charge in [-0.05, 0) is 31.8 Å². The van der Waals surface area contributed by atoms with Gasteiger partial charge >= 0.3 is 0 Å². The van der Waals surface area contributed by atoms with Crippen molar-refractivity contribution in [1.82, 2.24) is 0 Å². The minimum atomic E-state index is -0.711. The van der Waals surface area contributed by atoms with E-state index in [1.807, 2.05) is 13.1 Å². The van der Waals surface area contributed by atoms with Gasteiger partial charge in [0.05, 0.1) is 6.07 Å². The predicted octanol–water partition coefficient (Wildman–Crippen LogP) is 1.89. The van der Waals surface area contributed by atoms with Crippen LogP contribution in [0.3, 0.4) is 0 Å². The smallest absolute Gasteiger partial charge is 0.161 e. The van der Waals surface area contributed by atoms with Crippen LogP contribution in [0.25, 0.3) is 0 Å². The Balaban J connectivity index is 2.49. The average molecular weight is 202 g/mol. The molecule has 15 heavy (non-hydrogen) atoms. The fourth-order valence-electron chi connectivity index (χ4n) is 2.60. The second kappa shape index (κ2) is 3.30. The Morgan fingerprint density at radius 1 is 1.73 bits per heavy atom. The summed E-state index contributed by atoms with van der Waals surface area (Å²) in [6.45, 7) is 3.61. The maximum Gasteiger partial charge on any atom is 0.161 e. The molecule has 0 bridgehead atoms. The first-order chi connectivity index (χ1) is 7.10. The number of fused-ring (bicyclic) bond motifs is 1. The molecule has 1 heterocycles. The Morgan fingerprint density at radius 3 is 3.07 bits per heavy atom. The third-order valence-electron chi connectivity index (χ3n) is 3.55. The molecular weight excluding hydrogens is 188 g/mol. The standard InChI is InChI=1S/C12H14N2O/c1-8-5-11-3-4-14-12(11,9(2)15)6-10(8)7-13/h4,6,8,11H,3,5H2,1-2H3/t8-,11-,12-/m1/s1. The predicted molar refractivity (Wildman–Crippen MR) is 57.5 cm³/mol. The van der Waals surface area contributed by atoms with Gasteiger partial charge in [0.2, 0.25) is 0 Å². The largest absolute Gasteiger partial charge is 0.297 e. The number of carbonyl (C=O) groups excluding carboxylic acids is 1. The van der Waals surface area contributed by atoms with Crippen molar-refractivity contribution in [2.45, 2.75) is 32.2 Å². The Morgan fingerprint density at radius 2 is 2.47 bits per heavy atom. The van der Waals surface area contributed by atoms with Gasteiger partial charge in [-0.3, -0.25) is 9.79 Å². The maximum absolute atomic E-state index is 11.7. The van der Waals surface area contributed by atoms with E-state index in [-0.39, 0.29) is 17.6 Å². The van der Waals surface area contributed by atoms with E-state index in [1.54, 1.807) is 13.0 Å². The summed E-state index contributed by atoms with van der Waals surface area (Å²) in [6, 6.07) is 2.18.